The van der Waals surface area contributed by atoms with Gasteiger partial charge in [-0.1, -0.05) is 51.1 Å². The first-order valence-corrected chi connectivity index (χ1v) is 8.35. The number of amides is 1. The normalized spacial score (nSPS) is 14.7. The van der Waals surface area contributed by atoms with Gasteiger partial charge in [0.05, 0.1) is 12.1 Å². The van der Waals surface area contributed by atoms with Crippen molar-refractivity contribution in [2.75, 3.05) is 12.0 Å². The monoisotopic (exact) mass is 294 g/mol. The van der Waals surface area contributed by atoms with Gasteiger partial charge in [0.25, 0.3) is 0 Å². The van der Waals surface area contributed by atoms with Crippen LogP contribution in [0.3, 0.4) is 0 Å². The van der Waals surface area contributed by atoms with Gasteiger partial charge in [-0.25, -0.2) is 0 Å². The number of carbonyl (C=O) groups excluding carboxylic acids is 1. The Hall–Kier alpha value is -1.00. The van der Waals surface area contributed by atoms with E-state index >= 15 is 0 Å². The first-order valence-electron chi connectivity index (χ1n) is 6.96. The summed E-state index contributed by atoms with van der Waals surface area (Å²) in [5, 5.41) is 3.11. The van der Waals surface area contributed by atoms with E-state index in [4.69, 9.17) is 5.73 Å². The lowest BCUT2D eigenvalue weighted by molar-refractivity contribution is -0.124. The molecule has 4 heteroatoms. The van der Waals surface area contributed by atoms with Crippen LogP contribution in [0.25, 0.3) is 0 Å². The maximum absolute atomic E-state index is 12.2. The molecular weight excluding hydrogens is 268 g/mol. The van der Waals surface area contributed by atoms with Crippen molar-refractivity contribution in [3.63, 3.8) is 0 Å². The molecule has 20 heavy (non-hydrogen) atoms. The highest BCUT2D eigenvalue weighted by Gasteiger charge is 2.29. The second-order valence-electron chi connectivity index (χ2n) is 6.11. The molecule has 0 aliphatic rings. The van der Waals surface area contributed by atoms with Crippen LogP contribution in [-0.4, -0.2) is 24.0 Å². The molecule has 0 aliphatic heterocycles. The van der Waals surface area contributed by atoms with E-state index in [-0.39, 0.29) is 17.4 Å². The zero-order chi connectivity index (χ0) is 15.2. The van der Waals surface area contributed by atoms with E-state index in [1.165, 1.54) is 0 Å². The van der Waals surface area contributed by atoms with Crippen molar-refractivity contribution in [1.82, 2.24) is 5.32 Å². The van der Waals surface area contributed by atoms with Crippen LogP contribution in [0.1, 0.15) is 38.8 Å². The molecule has 2 atom stereocenters. The molecule has 1 amide bonds. The number of nitrogens with two attached hydrogens (primary N) is 1. The fourth-order valence-corrected chi connectivity index (χ4v) is 2.56. The molecular formula is C16H26N2OS. The minimum absolute atomic E-state index is 0.0310. The third kappa shape index (κ3) is 5.17. The SMILES string of the molecule is CSCC[C@@H](N)C(=O)NC(c1ccccc1)C(C)(C)C. The maximum Gasteiger partial charge on any atom is 0.237 e. The average molecular weight is 294 g/mol. The number of hydrogen-bond donors (Lipinski definition) is 2. The third-order valence-corrected chi connectivity index (χ3v) is 3.90. The molecule has 0 aromatic heterocycles. The van der Waals surface area contributed by atoms with Crippen LogP contribution < -0.4 is 11.1 Å². The Morgan fingerprint density at radius 2 is 1.90 bits per heavy atom. The molecule has 112 valence electrons. The summed E-state index contributed by atoms with van der Waals surface area (Å²) in [6.45, 7) is 6.37. The minimum atomic E-state index is -0.434. The summed E-state index contributed by atoms with van der Waals surface area (Å²) in [5.41, 5.74) is 7.00. The topological polar surface area (TPSA) is 55.1 Å². The number of nitrogens with one attached hydrogen (secondary N) is 1. The Balaban J connectivity index is 2.79. The van der Waals surface area contributed by atoms with E-state index in [1.807, 2.05) is 36.6 Å². The molecule has 3 N–H and O–H groups in total. The summed E-state index contributed by atoms with van der Waals surface area (Å²) < 4.78 is 0. The summed E-state index contributed by atoms with van der Waals surface area (Å²) in [6.07, 6.45) is 2.73. The number of thioether (sulfide) groups is 1. The average Bonchev–Trinajstić information content (AvgIpc) is 2.41. The molecule has 1 aromatic carbocycles. The number of benzene rings is 1. The predicted molar refractivity (Wildman–Crippen MR) is 87.8 cm³/mol. The molecule has 0 spiro atoms. The molecule has 0 saturated heterocycles. The van der Waals surface area contributed by atoms with Gasteiger partial charge in [-0.05, 0) is 29.4 Å². The van der Waals surface area contributed by atoms with E-state index in [9.17, 15) is 4.79 Å². The minimum Gasteiger partial charge on any atom is -0.347 e. The highest BCUT2D eigenvalue weighted by molar-refractivity contribution is 7.98. The molecule has 1 unspecified atom stereocenters. The summed E-state index contributed by atoms with van der Waals surface area (Å²) in [6, 6.07) is 9.59. The molecule has 0 fully saturated rings. The number of hydrogen-bond acceptors (Lipinski definition) is 3. The first-order chi connectivity index (χ1) is 9.36. The fourth-order valence-electron chi connectivity index (χ4n) is 2.07. The molecule has 1 rings (SSSR count). The van der Waals surface area contributed by atoms with Gasteiger partial charge in [-0.3, -0.25) is 4.79 Å². The molecule has 1 aromatic rings. The lowest BCUT2D eigenvalue weighted by Crippen LogP contribution is -2.45. The van der Waals surface area contributed by atoms with E-state index in [1.54, 1.807) is 11.8 Å². The molecule has 0 heterocycles. The molecule has 0 radical (unpaired) electrons. The van der Waals surface area contributed by atoms with Crippen LogP contribution in [0.5, 0.6) is 0 Å². The van der Waals surface area contributed by atoms with Gasteiger partial charge in [0.2, 0.25) is 5.91 Å². The fraction of sp³-hybridized carbons (Fsp3) is 0.562. The van der Waals surface area contributed by atoms with Gasteiger partial charge < -0.3 is 11.1 Å². The van der Waals surface area contributed by atoms with E-state index in [0.29, 0.717) is 6.42 Å². The van der Waals surface area contributed by atoms with E-state index < -0.39 is 6.04 Å². The Morgan fingerprint density at radius 3 is 2.40 bits per heavy atom. The lowest BCUT2D eigenvalue weighted by Gasteiger charge is -2.32. The Kier molecular flexibility index (Phi) is 6.56. The third-order valence-electron chi connectivity index (χ3n) is 3.26. The summed E-state index contributed by atoms with van der Waals surface area (Å²) >= 11 is 1.71. The van der Waals surface area contributed by atoms with Gasteiger partial charge in [0.1, 0.15) is 0 Å². The van der Waals surface area contributed by atoms with Crippen LogP contribution in [0, 0.1) is 5.41 Å². The number of rotatable bonds is 6. The van der Waals surface area contributed by atoms with Crippen molar-refractivity contribution in [3.8, 4) is 0 Å². The Bertz CT molecular complexity index is 414. The van der Waals surface area contributed by atoms with Crippen LogP contribution >= 0.6 is 11.8 Å². The Labute approximate surface area is 126 Å². The van der Waals surface area contributed by atoms with Crippen LogP contribution in [0.4, 0.5) is 0 Å². The van der Waals surface area contributed by atoms with Crippen molar-refractivity contribution in [3.05, 3.63) is 35.9 Å². The summed E-state index contributed by atoms with van der Waals surface area (Å²) in [4.78, 5) is 12.2. The first kappa shape index (κ1) is 17.1. The highest BCUT2D eigenvalue weighted by Crippen LogP contribution is 2.32. The van der Waals surface area contributed by atoms with Crippen LogP contribution in [0.2, 0.25) is 0 Å². The van der Waals surface area contributed by atoms with E-state index in [2.05, 4.69) is 26.1 Å². The predicted octanol–water partition coefficient (Wildman–Crippen LogP) is 2.97. The Morgan fingerprint density at radius 1 is 1.30 bits per heavy atom. The van der Waals surface area contributed by atoms with Gasteiger partial charge in [0, 0.05) is 0 Å². The lowest BCUT2D eigenvalue weighted by atomic mass is 9.82. The zero-order valence-corrected chi connectivity index (χ0v) is 13.7. The maximum atomic E-state index is 12.2. The smallest absolute Gasteiger partial charge is 0.237 e. The second kappa shape index (κ2) is 7.70. The number of carbonyl (C=O) groups is 1. The van der Waals surface area contributed by atoms with Gasteiger partial charge >= 0.3 is 0 Å². The zero-order valence-electron chi connectivity index (χ0n) is 12.8. The highest BCUT2D eigenvalue weighted by atomic mass is 32.2. The van der Waals surface area contributed by atoms with Crippen molar-refractivity contribution < 1.29 is 4.79 Å². The standard InChI is InChI=1S/C16H26N2OS/c1-16(2,3)14(12-8-6-5-7-9-12)18-15(19)13(17)10-11-20-4/h5-9,13-14H,10-11,17H2,1-4H3,(H,18,19)/t13-,14?/m1/s1. The molecule has 0 saturated carbocycles. The largest absolute Gasteiger partial charge is 0.347 e. The quantitative estimate of drug-likeness (QED) is 0.848. The second-order valence-corrected chi connectivity index (χ2v) is 7.09. The van der Waals surface area contributed by atoms with Gasteiger partial charge in [-0.2, -0.15) is 11.8 Å². The summed E-state index contributed by atoms with van der Waals surface area (Å²) in [5.74, 6) is 0.836. The van der Waals surface area contributed by atoms with Crippen molar-refractivity contribution >= 4 is 17.7 Å². The van der Waals surface area contributed by atoms with E-state index in [0.717, 1.165) is 11.3 Å². The molecule has 3 nitrogen and oxygen atoms in total. The van der Waals surface area contributed by atoms with Gasteiger partial charge in [0.15, 0.2) is 0 Å². The van der Waals surface area contributed by atoms with Crippen molar-refractivity contribution in [2.45, 2.75) is 39.3 Å². The van der Waals surface area contributed by atoms with Crippen LogP contribution in [0.15, 0.2) is 30.3 Å². The van der Waals surface area contributed by atoms with Gasteiger partial charge in [-0.15, -0.1) is 0 Å². The molecule has 0 aliphatic carbocycles. The summed E-state index contributed by atoms with van der Waals surface area (Å²) in [7, 11) is 0. The van der Waals surface area contributed by atoms with Crippen LogP contribution in [-0.2, 0) is 4.79 Å². The molecule has 0 bridgehead atoms. The van der Waals surface area contributed by atoms with Crippen molar-refractivity contribution in [1.29, 1.82) is 0 Å². The van der Waals surface area contributed by atoms with Crippen molar-refractivity contribution in [2.24, 2.45) is 11.1 Å².